The lowest BCUT2D eigenvalue weighted by atomic mass is 10.5. The molecule has 1 heteroatoms. The van der Waals surface area contributed by atoms with E-state index < -0.39 is 0 Å². The molecule has 0 aliphatic rings. The van der Waals surface area contributed by atoms with Crippen LogP contribution in [0.4, 0.5) is 0 Å². The molecule has 1 heterocycles. The van der Waals surface area contributed by atoms with E-state index in [-0.39, 0.29) is 0 Å². The van der Waals surface area contributed by atoms with Crippen molar-refractivity contribution in [3.63, 3.8) is 0 Å². The Kier molecular flexibility index (Phi) is 2.02. The molecule has 0 saturated carbocycles. The van der Waals surface area contributed by atoms with Crippen molar-refractivity contribution in [2.24, 2.45) is 0 Å². The Morgan fingerprint density at radius 3 is 2.44 bits per heavy atom. The third-order valence-electron chi connectivity index (χ3n) is 1.12. The van der Waals surface area contributed by atoms with Crippen molar-refractivity contribution in [1.82, 2.24) is 0 Å². The number of hydrogen-bond donors (Lipinski definition) is 0. The van der Waals surface area contributed by atoms with Gasteiger partial charge < -0.3 is 0 Å². The minimum atomic E-state index is 0.890. The van der Waals surface area contributed by atoms with Gasteiger partial charge in [-0.05, 0) is 6.08 Å². The number of pyridine rings is 1. The highest BCUT2D eigenvalue weighted by molar-refractivity contribution is 4.83. The topological polar surface area (TPSA) is 3.88 Å². The van der Waals surface area contributed by atoms with Gasteiger partial charge in [0.15, 0.2) is 18.9 Å². The second-order valence-corrected chi connectivity index (χ2v) is 1.86. The predicted molar refractivity (Wildman–Crippen MR) is 36.8 cm³/mol. The Morgan fingerprint density at radius 2 is 1.89 bits per heavy atom. The Morgan fingerprint density at radius 1 is 1.22 bits per heavy atom. The fourth-order valence-corrected chi connectivity index (χ4v) is 0.705. The van der Waals surface area contributed by atoms with Crippen molar-refractivity contribution in [1.29, 1.82) is 0 Å². The molecular formula is C8H10N+. The van der Waals surface area contributed by atoms with Crippen LogP contribution in [0.15, 0.2) is 43.2 Å². The van der Waals surface area contributed by atoms with Crippen LogP contribution in [0.1, 0.15) is 0 Å². The average molecular weight is 120 g/mol. The van der Waals surface area contributed by atoms with Gasteiger partial charge in [-0.25, -0.2) is 4.57 Å². The van der Waals surface area contributed by atoms with Gasteiger partial charge in [0.25, 0.3) is 0 Å². The van der Waals surface area contributed by atoms with Crippen LogP contribution in [0.2, 0.25) is 0 Å². The van der Waals surface area contributed by atoms with E-state index >= 15 is 0 Å². The quantitative estimate of drug-likeness (QED) is 0.407. The molecule has 0 bridgehead atoms. The minimum Gasteiger partial charge on any atom is -0.201 e. The third kappa shape index (κ3) is 1.68. The molecule has 46 valence electrons. The van der Waals surface area contributed by atoms with E-state index in [2.05, 4.69) is 11.1 Å². The van der Waals surface area contributed by atoms with E-state index in [4.69, 9.17) is 0 Å². The van der Waals surface area contributed by atoms with Crippen molar-refractivity contribution in [3.05, 3.63) is 43.2 Å². The van der Waals surface area contributed by atoms with Gasteiger partial charge in [0.05, 0.1) is 0 Å². The third-order valence-corrected chi connectivity index (χ3v) is 1.12. The van der Waals surface area contributed by atoms with Crippen molar-refractivity contribution in [2.45, 2.75) is 6.54 Å². The Balaban J connectivity index is 2.72. The van der Waals surface area contributed by atoms with E-state index in [9.17, 15) is 0 Å². The zero-order chi connectivity index (χ0) is 6.53. The predicted octanol–water partition coefficient (Wildman–Crippen LogP) is 1.16. The zero-order valence-electron chi connectivity index (χ0n) is 5.33. The van der Waals surface area contributed by atoms with Gasteiger partial charge in [0, 0.05) is 12.1 Å². The standard InChI is InChI=1S/C8H10N/c1-2-6-9-7-4-3-5-8-9/h2-5,7-8H,1,6H2/q+1. The highest BCUT2D eigenvalue weighted by Gasteiger charge is 1.88. The summed E-state index contributed by atoms with van der Waals surface area (Å²) < 4.78 is 2.06. The molecule has 0 aliphatic heterocycles. The average Bonchev–Trinajstić information content (AvgIpc) is 1.91. The van der Waals surface area contributed by atoms with Crippen molar-refractivity contribution >= 4 is 0 Å². The van der Waals surface area contributed by atoms with Crippen LogP contribution in [-0.2, 0) is 6.54 Å². The van der Waals surface area contributed by atoms with Crippen LogP contribution in [0.3, 0.4) is 0 Å². The van der Waals surface area contributed by atoms with Crippen LogP contribution in [0.5, 0.6) is 0 Å². The molecule has 0 aromatic carbocycles. The fourth-order valence-electron chi connectivity index (χ4n) is 0.705. The summed E-state index contributed by atoms with van der Waals surface area (Å²) >= 11 is 0. The second-order valence-electron chi connectivity index (χ2n) is 1.86. The summed E-state index contributed by atoms with van der Waals surface area (Å²) in [6, 6.07) is 6.01. The van der Waals surface area contributed by atoms with Crippen molar-refractivity contribution in [3.8, 4) is 0 Å². The lowest BCUT2D eigenvalue weighted by Crippen LogP contribution is -2.30. The van der Waals surface area contributed by atoms with E-state index in [1.807, 2.05) is 36.7 Å². The van der Waals surface area contributed by atoms with Crippen LogP contribution in [0.25, 0.3) is 0 Å². The van der Waals surface area contributed by atoms with Gasteiger partial charge in [0.2, 0.25) is 0 Å². The zero-order valence-corrected chi connectivity index (χ0v) is 5.33. The van der Waals surface area contributed by atoms with Crippen molar-refractivity contribution < 1.29 is 4.57 Å². The molecule has 1 rings (SSSR count). The number of allylic oxidation sites excluding steroid dienone is 1. The normalized spacial score (nSPS) is 8.89. The van der Waals surface area contributed by atoms with Gasteiger partial charge >= 0.3 is 0 Å². The van der Waals surface area contributed by atoms with Crippen LogP contribution < -0.4 is 4.57 Å². The summed E-state index contributed by atoms with van der Waals surface area (Å²) in [6.07, 6.45) is 5.91. The number of nitrogens with zero attached hydrogens (tertiary/aromatic N) is 1. The first-order valence-electron chi connectivity index (χ1n) is 2.98. The van der Waals surface area contributed by atoms with Crippen LogP contribution >= 0.6 is 0 Å². The SMILES string of the molecule is C=CC[n+]1ccccc1. The largest absolute Gasteiger partial charge is 0.201 e. The fraction of sp³-hybridized carbons (Fsp3) is 0.125. The molecular weight excluding hydrogens is 110 g/mol. The molecule has 0 amide bonds. The summed E-state index contributed by atoms with van der Waals surface area (Å²) in [5.74, 6) is 0. The molecule has 0 atom stereocenters. The van der Waals surface area contributed by atoms with E-state index in [1.54, 1.807) is 0 Å². The first-order valence-corrected chi connectivity index (χ1v) is 2.98. The second kappa shape index (κ2) is 3.02. The molecule has 9 heavy (non-hydrogen) atoms. The molecule has 0 aliphatic carbocycles. The summed E-state index contributed by atoms with van der Waals surface area (Å²) in [4.78, 5) is 0. The molecule has 0 unspecified atom stereocenters. The molecule has 1 aromatic heterocycles. The molecule has 0 saturated heterocycles. The highest BCUT2D eigenvalue weighted by Crippen LogP contribution is 1.75. The van der Waals surface area contributed by atoms with Crippen LogP contribution in [0, 0.1) is 0 Å². The van der Waals surface area contributed by atoms with Crippen molar-refractivity contribution in [2.75, 3.05) is 0 Å². The molecule has 0 radical (unpaired) electrons. The van der Waals surface area contributed by atoms with E-state index in [0.29, 0.717) is 0 Å². The molecule has 0 fully saturated rings. The maximum atomic E-state index is 3.64. The van der Waals surface area contributed by atoms with Gasteiger partial charge in [-0.2, -0.15) is 0 Å². The maximum absolute atomic E-state index is 3.64. The van der Waals surface area contributed by atoms with Gasteiger partial charge in [0.1, 0.15) is 0 Å². The number of hydrogen-bond acceptors (Lipinski definition) is 0. The highest BCUT2D eigenvalue weighted by atomic mass is 14.9. The van der Waals surface area contributed by atoms with Gasteiger partial charge in [-0.1, -0.05) is 12.6 Å². The molecule has 1 aromatic rings. The summed E-state index contributed by atoms with van der Waals surface area (Å²) in [5.41, 5.74) is 0. The van der Waals surface area contributed by atoms with Gasteiger partial charge in [-0.15, -0.1) is 0 Å². The summed E-state index contributed by atoms with van der Waals surface area (Å²) in [7, 11) is 0. The maximum Gasteiger partial charge on any atom is 0.169 e. The monoisotopic (exact) mass is 120 g/mol. The molecule has 1 nitrogen and oxygen atoms in total. The first kappa shape index (κ1) is 6.02. The smallest absolute Gasteiger partial charge is 0.169 e. The van der Waals surface area contributed by atoms with Gasteiger partial charge in [-0.3, -0.25) is 0 Å². The first-order chi connectivity index (χ1) is 4.43. The summed E-state index contributed by atoms with van der Waals surface area (Å²) in [6.45, 7) is 4.52. The van der Waals surface area contributed by atoms with Crippen LogP contribution in [-0.4, -0.2) is 0 Å². The minimum absolute atomic E-state index is 0.890. The lowest BCUT2D eigenvalue weighted by Gasteiger charge is -1.86. The Labute approximate surface area is 55.3 Å². The van der Waals surface area contributed by atoms with E-state index in [0.717, 1.165) is 6.54 Å². The Hall–Kier alpha value is -1.11. The summed E-state index contributed by atoms with van der Waals surface area (Å²) in [5, 5.41) is 0. The molecule has 0 spiro atoms. The number of rotatable bonds is 2. The number of aromatic nitrogens is 1. The molecule has 0 N–H and O–H groups in total. The Bertz CT molecular complexity index is 179. The van der Waals surface area contributed by atoms with E-state index in [1.165, 1.54) is 0 Å². The lowest BCUT2D eigenvalue weighted by molar-refractivity contribution is -0.687.